The van der Waals surface area contributed by atoms with Gasteiger partial charge in [-0.15, -0.1) is 0 Å². The molecule has 2 heterocycles. The Balaban J connectivity index is 2.11. The van der Waals surface area contributed by atoms with Gasteiger partial charge in [-0.3, -0.25) is 9.59 Å². The molecule has 0 unspecified atom stereocenters. The van der Waals surface area contributed by atoms with E-state index in [9.17, 15) is 24.6 Å². The van der Waals surface area contributed by atoms with Gasteiger partial charge in [0, 0.05) is 25.9 Å². The predicted molar refractivity (Wildman–Crippen MR) is 96.1 cm³/mol. The number of carboxylic acid groups (broad SMARTS) is 1. The highest BCUT2D eigenvalue weighted by molar-refractivity contribution is 5.97. The fourth-order valence-corrected chi connectivity index (χ4v) is 3.35. The Morgan fingerprint density at radius 1 is 1.19 bits per heavy atom. The van der Waals surface area contributed by atoms with Crippen molar-refractivity contribution >= 4 is 11.9 Å². The second-order valence-corrected chi connectivity index (χ2v) is 6.45. The first-order valence-corrected chi connectivity index (χ1v) is 8.59. The Labute approximate surface area is 154 Å². The third kappa shape index (κ3) is 3.56. The molecule has 0 saturated carbocycles. The van der Waals surface area contributed by atoms with Gasteiger partial charge in [0.15, 0.2) is 11.4 Å². The van der Waals surface area contributed by atoms with Crippen LogP contribution in [-0.2, 0) is 6.42 Å². The van der Waals surface area contributed by atoms with Crippen molar-refractivity contribution in [1.29, 1.82) is 0 Å². The maximum absolute atomic E-state index is 12.8. The zero-order valence-corrected chi connectivity index (χ0v) is 14.5. The van der Waals surface area contributed by atoms with Gasteiger partial charge in [0.1, 0.15) is 5.56 Å². The highest BCUT2D eigenvalue weighted by Crippen LogP contribution is 2.28. The first-order valence-electron chi connectivity index (χ1n) is 8.59. The van der Waals surface area contributed by atoms with Crippen LogP contribution in [0.4, 0.5) is 0 Å². The molecule has 27 heavy (non-hydrogen) atoms. The summed E-state index contributed by atoms with van der Waals surface area (Å²) < 4.78 is 1.39. The summed E-state index contributed by atoms with van der Waals surface area (Å²) >= 11 is 0. The Morgan fingerprint density at radius 3 is 2.52 bits per heavy atom. The second-order valence-electron chi connectivity index (χ2n) is 6.45. The number of aliphatic hydroxyl groups excluding tert-OH is 1. The van der Waals surface area contributed by atoms with E-state index in [0.29, 0.717) is 12.8 Å². The summed E-state index contributed by atoms with van der Waals surface area (Å²) in [5, 5.41) is 28.6. The number of carbonyl (C=O) groups is 2. The fraction of sp³-hybridized carbons (Fsp3) is 0.316. The van der Waals surface area contributed by atoms with Gasteiger partial charge in [-0.2, -0.15) is 0 Å². The molecule has 1 aliphatic rings. The van der Waals surface area contributed by atoms with Crippen molar-refractivity contribution in [2.75, 3.05) is 19.7 Å². The van der Waals surface area contributed by atoms with E-state index in [-0.39, 0.29) is 31.4 Å². The van der Waals surface area contributed by atoms with Gasteiger partial charge in [0.25, 0.3) is 5.91 Å². The number of fused-ring (bicyclic) bond motifs is 1. The average molecular weight is 372 g/mol. The topological polar surface area (TPSA) is 120 Å². The van der Waals surface area contributed by atoms with Crippen molar-refractivity contribution in [2.45, 2.75) is 18.9 Å². The maximum Gasteiger partial charge on any atom is 0.341 e. The molecule has 0 aliphatic carbocycles. The number of amides is 1. The van der Waals surface area contributed by atoms with Crippen LogP contribution in [-0.4, -0.2) is 56.4 Å². The highest BCUT2D eigenvalue weighted by atomic mass is 16.4. The smallest absolute Gasteiger partial charge is 0.341 e. The molecule has 0 saturated heterocycles. The normalized spacial score (nSPS) is 16.3. The Hall–Kier alpha value is -3.13. The number of aliphatic hydroxyl groups is 1. The van der Waals surface area contributed by atoms with Gasteiger partial charge in [-0.25, -0.2) is 4.79 Å². The molecule has 0 radical (unpaired) electrons. The molecular formula is C19H20N2O6. The molecule has 1 atom stereocenters. The predicted octanol–water partition coefficient (Wildman–Crippen LogP) is 0.874. The number of aromatic hydroxyl groups is 1. The van der Waals surface area contributed by atoms with Gasteiger partial charge >= 0.3 is 5.97 Å². The minimum atomic E-state index is -1.46. The summed E-state index contributed by atoms with van der Waals surface area (Å²) in [5.74, 6) is -2.87. The van der Waals surface area contributed by atoms with Crippen molar-refractivity contribution in [3.8, 4) is 5.75 Å². The number of carbonyl (C=O) groups excluding carboxylic acids is 1. The van der Waals surface area contributed by atoms with Crippen molar-refractivity contribution in [3.63, 3.8) is 0 Å². The molecule has 0 fully saturated rings. The first-order chi connectivity index (χ1) is 12.9. The van der Waals surface area contributed by atoms with Crippen LogP contribution in [0.2, 0.25) is 0 Å². The quantitative estimate of drug-likeness (QED) is 0.692. The molecule has 1 aliphatic heterocycles. The number of nitrogens with zero attached hydrogens (tertiary/aromatic N) is 2. The molecule has 1 amide bonds. The van der Waals surface area contributed by atoms with Crippen LogP contribution in [0.3, 0.4) is 0 Å². The first kappa shape index (κ1) is 18.7. The summed E-state index contributed by atoms with van der Waals surface area (Å²) in [6.07, 6.45) is 1.98. The van der Waals surface area contributed by atoms with Gasteiger partial charge in [-0.1, -0.05) is 30.3 Å². The van der Waals surface area contributed by atoms with E-state index in [4.69, 9.17) is 5.11 Å². The van der Waals surface area contributed by atoms with Gasteiger partial charge in [0.05, 0.1) is 6.04 Å². The molecule has 1 aromatic carbocycles. The summed E-state index contributed by atoms with van der Waals surface area (Å²) in [6.45, 7) is 0.459. The van der Waals surface area contributed by atoms with E-state index in [1.54, 1.807) is 0 Å². The van der Waals surface area contributed by atoms with Crippen LogP contribution in [0.15, 0.2) is 41.3 Å². The van der Waals surface area contributed by atoms with Crippen LogP contribution in [0.1, 0.15) is 38.9 Å². The Morgan fingerprint density at radius 2 is 1.89 bits per heavy atom. The van der Waals surface area contributed by atoms with E-state index in [1.807, 2.05) is 30.3 Å². The van der Waals surface area contributed by atoms with Crippen molar-refractivity contribution in [2.24, 2.45) is 0 Å². The van der Waals surface area contributed by atoms with Crippen LogP contribution in [0.5, 0.6) is 5.75 Å². The van der Waals surface area contributed by atoms with Gasteiger partial charge in [0.2, 0.25) is 5.43 Å². The van der Waals surface area contributed by atoms with Crippen molar-refractivity contribution < 1.29 is 24.9 Å². The fourth-order valence-electron chi connectivity index (χ4n) is 3.35. The summed E-state index contributed by atoms with van der Waals surface area (Å²) in [6, 6.07) is 9.09. The number of carboxylic acids is 1. The SMILES string of the molecule is O=C(O)c1cn2c(c(O)c1=O)C(=O)N(CCCO)C[C@@H]2Cc1ccccc1. The average Bonchev–Trinajstić information content (AvgIpc) is 2.65. The summed E-state index contributed by atoms with van der Waals surface area (Å²) in [7, 11) is 0. The molecule has 3 rings (SSSR count). The number of benzene rings is 1. The third-order valence-electron chi connectivity index (χ3n) is 4.66. The monoisotopic (exact) mass is 372 g/mol. The molecule has 0 bridgehead atoms. The Bertz CT molecular complexity index is 922. The molecule has 1 aromatic heterocycles. The lowest BCUT2D eigenvalue weighted by atomic mass is 10.0. The molecule has 3 N–H and O–H groups in total. The number of aromatic nitrogens is 1. The van der Waals surface area contributed by atoms with E-state index >= 15 is 0 Å². The molecule has 2 aromatic rings. The summed E-state index contributed by atoms with van der Waals surface area (Å²) in [5.41, 5.74) is -0.898. The van der Waals surface area contributed by atoms with E-state index in [2.05, 4.69) is 0 Å². The Kier molecular flexibility index (Phi) is 5.27. The zero-order valence-electron chi connectivity index (χ0n) is 14.5. The summed E-state index contributed by atoms with van der Waals surface area (Å²) in [4.78, 5) is 37.7. The lowest BCUT2D eigenvalue weighted by Gasteiger charge is -2.36. The zero-order chi connectivity index (χ0) is 19.6. The van der Waals surface area contributed by atoms with E-state index < -0.39 is 28.6 Å². The minimum absolute atomic E-state index is 0.0934. The van der Waals surface area contributed by atoms with Crippen LogP contribution in [0, 0.1) is 0 Å². The van der Waals surface area contributed by atoms with Gasteiger partial charge in [-0.05, 0) is 18.4 Å². The number of rotatable bonds is 6. The highest BCUT2D eigenvalue weighted by Gasteiger charge is 2.35. The largest absolute Gasteiger partial charge is 0.503 e. The number of pyridine rings is 1. The van der Waals surface area contributed by atoms with Crippen LogP contribution in [0.25, 0.3) is 0 Å². The molecule has 8 nitrogen and oxygen atoms in total. The van der Waals surface area contributed by atoms with Crippen LogP contribution >= 0.6 is 0 Å². The van der Waals surface area contributed by atoms with E-state index in [1.165, 1.54) is 9.47 Å². The number of hydrogen-bond acceptors (Lipinski definition) is 5. The van der Waals surface area contributed by atoms with Gasteiger partial charge < -0.3 is 24.8 Å². The molecule has 8 heteroatoms. The maximum atomic E-state index is 12.8. The standard InChI is InChI=1S/C19H20N2O6/c22-8-4-7-20-10-13(9-12-5-2-1-3-6-12)21-11-14(19(26)27)16(23)17(24)15(21)18(20)25/h1-3,5-6,11,13,22,24H,4,7-10H2,(H,26,27)/t13-/m0/s1. The number of aromatic carboxylic acids is 1. The third-order valence-corrected chi connectivity index (χ3v) is 4.66. The lowest BCUT2D eigenvalue weighted by Crippen LogP contribution is -2.46. The van der Waals surface area contributed by atoms with Crippen molar-refractivity contribution in [3.05, 3.63) is 63.6 Å². The number of hydrogen-bond donors (Lipinski definition) is 3. The lowest BCUT2D eigenvalue weighted by molar-refractivity contribution is 0.0634. The minimum Gasteiger partial charge on any atom is -0.503 e. The molecule has 0 spiro atoms. The molecular weight excluding hydrogens is 352 g/mol. The van der Waals surface area contributed by atoms with Crippen molar-refractivity contribution in [1.82, 2.24) is 9.47 Å². The van der Waals surface area contributed by atoms with E-state index in [0.717, 1.165) is 11.8 Å². The second kappa shape index (κ2) is 7.63. The van der Waals surface area contributed by atoms with Crippen LogP contribution < -0.4 is 5.43 Å². The molecule has 142 valence electrons.